The summed E-state index contributed by atoms with van der Waals surface area (Å²) < 4.78 is 28.4. The highest BCUT2D eigenvalue weighted by Gasteiger charge is 2.17. The van der Waals surface area contributed by atoms with E-state index in [1.807, 2.05) is 6.07 Å². The third kappa shape index (κ3) is 4.35. The maximum absolute atomic E-state index is 12.6. The third-order valence-corrected chi connectivity index (χ3v) is 5.47. The fourth-order valence-corrected chi connectivity index (χ4v) is 3.54. The van der Waals surface area contributed by atoms with Crippen molar-refractivity contribution >= 4 is 38.7 Å². The van der Waals surface area contributed by atoms with Crippen LogP contribution in [0.4, 0.5) is 11.4 Å². The SMILES string of the molecule is CS(=O)(=O)c1ccc(C(=O)Nc2cc(Cl)ccc2N2CCOCC2)cc1. The Morgan fingerprint density at radius 2 is 1.77 bits per heavy atom. The Hall–Kier alpha value is -2.09. The predicted molar refractivity (Wildman–Crippen MR) is 102 cm³/mol. The van der Waals surface area contributed by atoms with Gasteiger partial charge in [-0.15, -0.1) is 0 Å². The van der Waals surface area contributed by atoms with E-state index >= 15 is 0 Å². The molecule has 1 N–H and O–H groups in total. The molecule has 2 aromatic rings. The standard InChI is InChI=1S/C18H19ClN2O4S/c1-26(23,24)15-5-2-13(3-6-15)18(22)20-16-12-14(19)4-7-17(16)21-8-10-25-11-9-21/h2-7,12H,8-11H2,1H3,(H,20,22). The Kier molecular flexibility index (Phi) is 5.50. The lowest BCUT2D eigenvalue weighted by Crippen LogP contribution is -2.36. The molecule has 138 valence electrons. The minimum Gasteiger partial charge on any atom is -0.378 e. The van der Waals surface area contributed by atoms with Crippen LogP contribution in [0, 0.1) is 0 Å². The third-order valence-electron chi connectivity index (χ3n) is 4.10. The number of hydrogen-bond acceptors (Lipinski definition) is 5. The Balaban J connectivity index is 1.83. The van der Waals surface area contributed by atoms with Gasteiger partial charge in [0.1, 0.15) is 0 Å². The van der Waals surface area contributed by atoms with E-state index < -0.39 is 9.84 Å². The van der Waals surface area contributed by atoms with Crippen molar-refractivity contribution in [3.8, 4) is 0 Å². The van der Waals surface area contributed by atoms with Gasteiger partial charge in [0.15, 0.2) is 9.84 Å². The Morgan fingerprint density at radius 1 is 1.12 bits per heavy atom. The van der Waals surface area contributed by atoms with Crippen molar-refractivity contribution in [1.82, 2.24) is 0 Å². The topological polar surface area (TPSA) is 75.7 Å². The van der Waals surface area contributed by atoms with E-state index in [1.165, 1.54) is 24.3 Å². The molecule has 3 rings (SSSR count). The number of carbonyl (C=O) groups excluding carboxylic acids is 1. The van der Waals surface area contributed by atoms with Crippen molar-refractivity contribution in [2.24, 2.45) is 0 Å². The fourth-order valence-electron chi connectivity index (χ4n) is 2.74. The average Bonchev–Trinajstić information content (AvgIpc) is 2.62. The molecule has 1 aliphatic heterocycles. The Morgan fingerprint density at radius 3 is 2.38 bits per heavy atom. The van der Waals surface area contributed by atoms with E-state index in [0.717, 1.165) is 25.0 Å². The summed E-state index contributed by atoms with van der Waals surface area (Å²) in [5.74, 6) is -0.332. The molecule has 6 nitrogen and oxygen atoms in total. The summed E-state index contributed by atoms with van der Waals surface area (Å²) in [4.78, 5) is 14.9. The maximum Gasteiger partial charge on any atom is 0.255 e. The van der Waals surface area contributed by atoms with Gasteiger partial charge in [-0.2, -0.15) is 0 Å². The minimum atomic E-state index is -3.30. The molecule has 8 heteroatoms. The van der Waals surface area contributed by atoms with Gasteiger partial charge < -0.3 is 15.0 Å². The van der Waals surface area contributed by atoms with Crippen LogP contribution in [-0.2, 0) is 14.6 Å². The highest BCUT2D eigenvalue weighted by Crippen LogP contribution is 2.30. The zero-order chi connectivity index (χ0) is 18.7. The van der Waals surface area contributed by atoms with Crippen LogP contribution in [-0.4, -0.2) is 46.9 Å². The first-order valence-corrected chi connectivity index (χ1v) is 10.4. The first-order valence-electron chi connectivity index (χ1n) is 8.08. The van der Waals surface area contributed by atoms with Gasteiger partial charge in [-0.25, -0.2) is 8.42 Å². The van der Waals surface area contributed by atoms with Gasteiger partial charge in [-0.1, -0.05) is 11.6 Å². The summed E-state index contributed by atoms with van der Waals surface area (Å²) in [7, 11) is -3.30. The zero-order valence-electron chi connectivity index (χ0n) is 14.2. The second kappa shape index (κ2) is 7.65. The monoisotopic (exact) mass is 394 g/mol. The number of morpholine rings is 1. The molecule has 0 bridgehead atoms. The van der Waals surface area contributed by atoms with Gasteiger partial charge in [-0.3, -0.25) is 4.79 Å². The minimum absolute atomic E-state index is 0.172. The lowest BCUT2D eigenvalue weighted by Gasteiger charge is -2.30. The van der Waals surface area contributed by atoms with Crippen LogP contribution in [0.25, 0.3) is 0 Å². The molecular formula is C18H19ClN2O4S. The number of rotatable bonds is 4. The van der Waals surface area contributed by atoms with Crippen LogP contribution in [0.3, 0.4) is 0 Å². The molecule has 26 heavy (non-hydrogen) atoms. The van der Waals surface area contributed by atoms with E-state index in [-0.39, 0.29) is 10.8 Å². The number of nitrogens with zero attached hydrogens (tertiary/aromatic N) is 1. The summed E-state index contributed by atoms with van der Waals surface area (Å²) in [6.45, 7) is 2.72. The van der Waals surface area contributed by atoms with E-state index in [1.54, 1.807) is 12.1 Å². The quantitative estimate of drug-likeness (QED) is 0.862. The van der Waals surface area contributed by atoms with Crippen molar-refractivity contribution < 1.29 is 17.9 Å². The number of ether oxygens (including phenoxy) is 1. The molecule has 0 saturated carbocycles. The van der Waals surface area contributed by atoms with Gasteiger partial charge in [0.2, 0.25) is 0 Å². The molecule has 1 amide bonds. The fraction of sp³-hybridized carbons (Fsp3) is 0.278. The van der Waals surface area contributed by atoms with Gasteiger partial charge in [0, 0.05) is 29.9 Å². The molecule has 0 unspecified atom stereocenters. The normalized spacial score (nSPS) is 14.9. The molecule has 1 aliphatic rings. The second-order valence-corrected chi connectivity index (χ2v) is 8.46. The Bertz CT molecular complexity index is 907. The molecule has 0 radical (unpaired) electrons. The molecule has 0 aromatic heterocycles. The van der Waals surface area contributed by atoms with Crippen LogP contribution in [0.5, 0.6) is 0 Å². The van der Waals surface area contributed by atoms with Gasteiger partial charge in [-0.05, 0) is 42.5 Å². The van der Waals surface area contributed by atoms with Crippen molar-refractivity contribution in [3.63, 3.8) is 0 Å². The van der Waals surface area contributed by atoms with Crippen molar-refractivity contribution in [1.29, 1.82) is 0 Å². The number of benzene rings is 2. The summed E-state index contributed by atoms with van der Waals surface area (Å²) in [6, 6.07) is 11.2. The predicted octanol–water partition coefficient (Wildman–Crippen LogP) is 2.83. The number of halogens is 1. The maximum atomic E-state index is 12.6. The molecule has 0 atom stereocenters. The van der Waals surface area contributed by atoms with Crippen LogP contribution < -0.4 is 10.2 Å². The lowest BCUT2D eigenvalue weighted by atomic mass is 10.2. The molecule has 1 fully saturated rings. The van der Waals surface area contributed by atoms with Gasteiger partial charge in [0.25, 0.3) is 5.91 Å². The van der Waals surface area contributed by atoms with Crippen molar-refractivity contribution in [2.75, 3.05) is 42.8 Å². The van der Waals surface area contributed by atoms with Crippen LogP contribution in [0.2, 0.25) is 5.02 Å². The van der Waals surface area contributed by atoms with E-state index in [2.05, 4.69) is 10.2 Å². The summed E-state index contributed by atoms with van der Waals surface area (Å²) >= 11 is 6.09. The Labute approximate surface area is 157 Å². The molecular weight excluding hydrogens is 376 g/mol. The molecule has 2 aromatic carbocycles. The zero-order valence-corrected chi connectivity index (χ0v) is 15.8. The average molecular weight is 395 g/mol. The number of anilines is 2. The van der Waals surface area contributed by atoms with E-state index in [4.69, 9.17) is 16.3 Å². The smallest absolute Gasteiger partial charge is 0.255 e. The molecule has 1 saturated heterocycles. The number of sulfone groups is 1. The van der Waals surface area contributed by atoms with Crippen molar-refractivity contribution in [3.05, 3.63) is 53.1 Å². The largest absolute Gasteiger partial charge is 0.378 e. The van der Waals surface area contributed by atoms with Crippen molar-refractivity contribution in [2.45, 2.75) is 4.90 Å². The van der Waals surface area contributed by atoms with E-state index in [9.17, 15) is 13.2 Å². The number of nitrogens with one attached hydrogen (secondary N) is 1. The lowest BCUT2D eigenvalue weighted by molar-refractivity contribution is 0.102. The summed E-state index contributed by atoms with van der Waals surface area (Å²) in [5, 5.41) is 3.39. The number of carbonyl (C=O) groups is 1. The first-order chi connectivity index (χ1) is 12.3. The molecule has 0 spiro atoms. The van der Waals surface area contributed by atoms with Crippen LogP contribution in [0.1, 0.15) is 10.4 Å². The highest BCUT2D eigenvalue weighted by molar-refractivity contribution is 7.90. The molecule has 1 heterocycles. The van der Waals surface area contributed by atoms with E-state index in [0.29, 0.717) is 29.5 Å². The second-order valence-electron chi connectivity index (χ2n) is 6.01. The molecule has 0 aliphatic carbocycles. The van der Waals surface area contributed by atoms with Crippen LogP contribution >= 0.6 is 11.6 Å². The number of amides is 1. The first kappa shape index (κ1) is 18.7. The van der Waals surface area contributed by atoms with Gasteiger partial charge in [0.05, 0.1) is 29.5 Å². The van der Waals surface area contributed by atoms with Gasteiger partial charge >= 0.3 is 0 Å². The highest BCUT2D eigenvalue weighted by atomic mass is 35.5. The van der Waals surface area contributed by atoms with Crippen LogP contribution in [0.15, 0.2) is 47.4 Å². The summed E-state index contributed by atoms with van der Waals surface area (Å²) in [5.41, 5.74) is 1.85. The number of hydrogen-bond donors (Lipinski definition) is 1. The summed E-state index contributed by atoms with van der Waals surface area (Å²) in [6.07, 6.45) is 1.13.